The van der Waals surface area contributed by atoms with Gasteiger partial charge in [-0.15, -0.1) is 0 Å². The van der Waals surface area contributed by atoms with Crippen LogP contribution in [0, 0.1) is 11.3 Å². The molecule has 0 aliphatic carbocycles. The number of rotatable bonds is 8. The van der Waals surface area contributed by atoms with Crippen LogP contribution in [0.25, 0.3) is 0 Å². The molecule has 3 rings (SSSR count). The number of hydrogen-bond donors (Lipinski definition) is 3. The van der Waals surface area contributed by atoms with Gasteiger partial charge in [-0.2, -0.15) is 5.26 Å². The molecule has 0 aromatic heterocycles. The van der Waals surface area contributed by atoms with E-state index in [1.54, 1.807) is 17.0 Å². The summed E-state index contributed by atoms with van der Waals surface area (Å²) in [6.07, 6.45) is 2.05. The zero-order valence-electron chi connectivity index (χ0n) is 16.2. The zero-order valence-corrected chi connectivity index (χ0v) is 16.2. The monoisotopic (exact) mass is 417 g/mol. The Hall–Kier alpha value is -3.32. The van der Waals surface area contributed by atoms with E-state index in [2.05, 4.69) is 11.4 Å². The van der Waals surface area contributed by atoms with Gasteiger partial charge in [0.05, 0.1) is 12.1 Å². The summed E-state index contributed by atoms with van der Waals surface area (Å²) in [5, 5.41) is 30.1. The smallest absolute Gasteiger partial charge is 0.341 e. The van der Waals surface area contributed by atoms with Gasteiger partial charge in [0.25, 0.3) is 0 Å². The summed E-state index contributed by atoms with van der Waals surface area (Å²) in [5.74, 6) is -2.17. The number of carbonyl (C=O) groups is 3. The average Bonchev–Trinajstić information content (AvgIpc) is 3.39. The first-order valence-electron chi connectivity index (χ1n) is 9.65. The number of carbonyl (C=O) groups excluding carboxylic acids is 1. The number of carboxylic acid groups (broad SMARTS) is 2. The lowest BCUT2D eigenvalue weighted by molar-refractivity contribution is -0.140. The molecule has 3 atom stereocenters. The van der Waals surface area contributed by atoms with E-state index in [4.69, 9.17) is 19.7 Å². The summed E-state index contributed by atoms with van der Waals surface area (Å²) in [5.41, 5.74) is 0.819. The van der Waals surface area contributed by atoms with E-state index in [0.29, 0.717) is 25.9 Å². The van der Waals surface area contributed by atoms with E-state index in [9.17, 15) is 19.6 Å². The van der Waals surface area contributed by atoms with Crippen LogP contribution in [-0.2, 0) is 14.4 Å². The fourth-order valence-corrected chi connectivity index (χ4v) is 3.83. The van der Waals surface area contributed by atoms with E-state index in [-0.39, 0.29) is 29.4 Å². The standard InChI is InChI=1S/C20H23N3O7/c21-8-14-2-1-5-23(14)20(28)15-6-13(9-22-15)12-3-4-16(29-10-18(24)25)17(7-12)30-11-19(26)27/h3-4,7,13-15,22H,1-2,5-6,9-11H2,(H,24,25)(H,26,27)/t13-,14-,15-/m0/s1. The molecule has 0 radical (unpaired) electrons. The number of nitrogens with zero attached hydrogens (tertiary/aromatic N) is 2. The van der Waals surface area contributed by atoms with Gasteiger partial charge in [-0.05, 0) is 42.9 Å². The Morgan fingerprint density at radius 2 is 1.87 bits per heavy atom. The van der Waals surface area contributed by atoms with E-state index in [1.807, 2.05) is 0 Å². The molecule has 160 valence electrons. The predicted octanol–water partition coefficient (Wildman–Crippen LogP) is 0.573. The second-order valence-corrected chi connectivity index (χ2v) is 7.28. The van der Waals surface area contributed by atoms with Crippen LogP contribution in [0.3, 0.4) is 0 Å². The fraction of sp³-hybridized carbons (Fsp3) is 0.500. The van der Waals surface area contributed by atoms with Crippen LogP contribution in [-0.4, -0.2) is 71.3 Å². The SMILES string of the molecule is N#C[C@@H]1CCCN1C(=O)[C@@H]1C[C@H](c2ccc(OCC(=O)O)c(OCC(=O)O)c2)CN1. The molecule has 2 fully saturated rings. The van der Waals surface area contributed by atoms with Crippen LogP contribution in [0.4, 0.5) is 0 Å². The second-order valence-electron chi connectivity index (χ2n) is 7.28. The average molecular weight is 417 g/mol. The lowest BCUT2D eigenvalue weighted by Crippen LogP contribution is -2.45. The third kappa shape index (κ3) is 4.99. The Bertz CT molecular complexity index is 866. The largest absolute Gasteiger partial charge is 0.479 e. The summed E-state index contributed by atoms with van der Waals surface area (Å²) in [7, 11) is 0. The fourth-order valence-electron chi connectivity index (χ4n) is 3.83. The van der Waals surface area contributed by atoms with Crippen LogP contribution in [0.1, 0.15) is 30.7 Å². The van der Waals surface area contributed by atoms with Crippen LogP contribution in [0.2, 0.25) is 0 Å². The first kappa shape index (κ1) is 21.4. The molecule has 1 amide bonds. The molecule has 10 heteroatoms. The molecule has 30 heavy (non-hydrogen) atoms. The molecule has 0 spiro atoms. The maximum absolute atomic E-state index is 12.8. The third-order valence-corrected chi connectivity index (χ3v) is 5.26. The topological polar surface area (TPSA) is 149 Å². The summed E-state index contributed by atoms with van der Waals surface area (Å²) in [4.78, 5) is 36.0. The number of nitrogens with one attached hydrogen (secondary N) is 1. The Labute approximate surface area is 173 Å². The van der Waals surface area contributed by atoms with Gasteiger partial charge in [0.1, 0.15) is 6.04 Å². The van der Waals surface area contributed by atoms with Gasteiger partial charge in [0, 0.05) is 13.1 Å². The molecule has 0 saturated carbocycles. The van der Waals surface area contributed by atoms with Crippen molar-refractivity contribution in [1.29, 1.82) is 5.26 Å². The Morgan fingerprint density at radius 3 is 2.53 bits per heavy atom. The van der Waals surface area contributed by atoms with E-state index in [0.717, 1.165) is 12.0 Å². The van der Waals surface area contributed by atoms with E-state index >= 15 is 0 Å². The van der Waals surface area contributed by atoms with E-state index in [1.165, 1.54) is 6.07 Å². The highest BCUT2D eigenvalue weighted by Crippen LogP contribution is 2.35. The molecular weight excluding hydrogens is 394 g/mol. The van der Waals surface area contributed by atoms with Crippen LogP contribution in [0.15, 0.2) is 18.2 Å². The van der Waals surface area contributed by atoms with Gasteiger partial charge < -0.3 is 29.9 Å². The number of likely N-dealkylation sites (tertiary alicyclic amines) is 1. The Balaban J connectivity index is 1.71. The molecule has 2 heterocycles. The maximum atomic E-state index is 12.8. The van der Waals surface area contributed by atoms with Crippen molar-refractivity contribution in [3.05, 3.63) is 23.8 Å². The van der Waals surface area contributed by atoms with Crippen LogP contribution < -0.4 is 14.8 Å². The van der Waals surface area contributed by atoms with Crippen molar-refractivity contribution in [2.75, 3.05) is 26.3 Å². The van der Waals surface area contributed by atoms with Crippen molar-refractivity contribution in [2.45, 2.75) is 37.3 Å². The minimum absolute atomic E-state index is 0.0252. The van der Waals surface area contributed by atoms with Crippen molar-refractivity contribution in [3.63, 3.8) is 0 Å². The molecule has 0 bridgehead atoms. The van der Waals surface area contributed by atoms with Crippen LogP contribution in [0.5, 0.6) is 11.5 Å². The van der Waals surface area contributed by atoms with Crippen molar-refractivity contribution in [3.8, 4) is 17.6 Å². The van der Waals surface area contributed by atoms with Crippen molar-refractivity contribution < 1.29 is 34.1 Å². The first-order valence-corrected chi connectivity index (χ1v) is 9.65. The summed E-state index contributed by atoms with van der Waals surface area (Å²) >= 11 is 0. The highest BCUT2D eigenvalue weighted by molar-refractivity contribution is 5.83. The Morgan fingerprint density at radius 1 is 1.17 bits per heavy atom. The lowest BCUT2D eigenvalue weighted by Gasteiger charge is -2.23. The molecule has 0 unspecified atom stereocenters. The molecule has 2 saturated heterocycles. The lowest BCUT2D eigenvalue weighted by atomic mass is 9.95. The quantitative estimate of drug-likeness (QED) is 0.552. The number of nitriles is 1. The van der Waals surface area contributed by atoms with E-state index < -0.39 is 31.2 Å². The van der Waals surface area contributed by atoms with Gasteiger partial charge in [0.15, 0.2) is 24.7 Å². The number of carboxylic acids is 2. The second kappa shape index (κ2) is 9.45. The molecule has 2 aliphatic rings. The number of benzene rings is 1. The van der Waals surface area contributed by atoms with Crippen molar-refractivity contribution >= 4 is 17.8 Å². The van der Waals surface area contributed by atoms with Gasteiger partial charge >= 0.3 is 11.9 Å². The highest BCUT2D eigenvalue weighted by atomic mass is 16.5. The number of hydrogen-bond acceptors (Lipinski definition) is 7. The minimum atomic E-state index is -1.17. The van der Waals surface area contributed by atoms with Crippen molar-refractivity contribution in [1.82, 2.24) is 10.2 Å². The molecule has 1 aromatic carbocycles. The molecule has 3 N–H and O–H groups in total. The van der Waals surface area contributed by atoms with Gasteiger partial charge in [-0.3, -0.25) is 4.79 Å². The van der Waals surface area contributed by atoms with Gasteiger partial charge in [-0.25, -0.2) is 9.59 Å². The Kier molecular flexibility index (Phi) is 6.74. The minimum Gasteiger partial charge on any atom is -0.479 e. The third-order valence-electron chi connectivity index (χ3n) is 5.26. The summed E-state index contributed by atoms with van der Waals surface area (Å²) < 4.78 is 10.4. The number of aliphatic carboxylic acids is 2. The molecule has 10 nitrogen and oxygen atoms in total. The highest BCUT2D eigenvalue weighted by Gasteiger charge is 2.37. The molecule has 2 aliphatic heterocycles. The van der Waals surface area contributed by atoms with Gasteiger partial charge in [-0.1, -0.05) is 6.07 Å². The molecular formula is C20H23N3O7. The van der Waals surface area contributed by atoms with Crippen LogP contribution >= 0.6 is 0 Å². The predicted molar refractivity (Wildman–Crippen MR) is 102 cm³/mol. The first-order chi connectivity index (χ1) is 14.4. The number of amides is 1. The normalized spacial score (nSPS) is 23.0. The van der Waals surface area contributed by atoms with Crippen molar-refractivity contribution in [2.24, 2.45) is 0 Å². The molecule has 1 aromatic rings. The maximum Gasteiger partial charge on any atom is 0.341 e. The zero-order chi connectivity index (χ0) is 21.7. The summed E-state index contributed by atoms with van der Waals surface area (Å²) in [6, 6.07) is 6.31. The van der Waals surface area contributed by atoms with Gasteiger partial charge in [0.2, 0.25) is 5.91 Å². The number of ether oxygens (including phenoxy) is 2. The summed E-state index contributed by atoms with van der Waals surface area (Å²) in [6.45, 7) is -0.0560.